The number of thiazole rings is 1. The van der Waals surface area contributed by atoms with Gasteiger partial charge < -0.3 is 14.2 Å². The predicted molar refractivity (Wildman–Crippen MR) is 114 cm³/mol. The minimum atomic E-state index is 0.00342. The minimum Gasteiger partial charge on any atom is -0.497 e. The number of fused-ring (bicyclic) bond motifs is 1. The van der Waals surface area contributed by atoms with Gasteiger partial charge in [0.25, 0.3) is 0 Å². The van der Waals surface area contributed by atoms with E-state index in [0.29, 0.717) is 23.8 Å². The van der Waals surface area contributed by atoms with Crippen LogP contribution in [-0.2, 0) is 16.0 Å². The molecule has 0 bridgehead atoms. The molecule has 4 rings (SSSR count). The van der Waals surface area contributed by atoms with Crippen LogP contribution in [0.1, 0.15) is 18.4 Å². The first-order chi connectivity index (χ1) is 14.2. The van der Waals surface area contributed by atoms with Crippen LogP contribution in [-0.4, -0.2) is 44.4 Å². The highest BCUT2D eigenvalue weighted by Gasteiger charge is 2.26. The molecule has 3 aromatic rings. The number of aromatic nitrogens is 1. The summed E-state index contributed by atoms with van der Waals surface area (Å²) < 4.78 is 17.4. The molecule has 1 aromatic heterocycles. The van der Waals surface area contributed by atoms with E-state index < -0.39 is 0 Å². The summed E-state index contributed by atoms with van der Waals surface area (Å²) >= 11 is 1.50. The third-order valence-corrected chi connectivity index (χ3v) is 6.09. The van der Waals surface area contributed by atoms with E-state index in [0.717, 1.165) is 41.0 Å². The summed E-state index contributed by atoms with van der Waals surface area (Å²) in [5.41, 5.74) is 1.72. The molecule has 1 saturated heterocycles. The van der Waals surface area contributed by atoms with Crippen molar-refractivity contribution in [3.8, 4) is 11.5 Å². The van der Waals surface area contributed by atoms with E-state index in [4.69, 9.17) is 19.2 Å². The van der Waals surface area contributed by atoms with Crippen molar-refractivity contribution < 1.29 is 19.0 Å². The number of hydrogen-bond acceptors (Lipinski definition) is 6. The Morgan fingerprint density at radius 3 is 2.72 bits per heavy atom. The van der Waals surface area contributed by atoms with Crippen LogP contribution in [0.15, 0.2) is 42.5 Å². The molecule has 0 radical (unpaired) electrons. The van der Waals surface area contributed by atoms with E-state index in [1.165, 1.54) is 11.3 Å². The fourth-order valence-electron chi connectivity index (χ4n) is 3.48. The summed E-state index contributed by atoms with van der Waals surface area (Å²) in [4.78, 5) is 19.8. The van der Waals surface area contributed by atoms with Gasteiger partial charge in [0.2, 0.25) is 5.91 Å². The average molecular weight is 413 g/mol. The predicted octanol–water partition coefficient (Wildman–Crippen LogP) is 4.07. The van der Waals surface area contributed by atoms with Gasteiger partial charge in [0, 0.05) is 6.61 Å². The fraction of sp³-hybridized carbons (Fsp3) is 0.364. The van der Waals surface area contributed by atoms with Gasteiger partial charge in [-0.3, -0.25) is 9.69 Å². The van der Waals surface area contributed by atoms with Gasteiger partial charge in [0.05, 0.1) is 38.0 Å². The van der Waals surface area contributed by atoms with Crippen molar-refractivity contribution in [2.24, 2.45) is 0 Å². The largest absolute Gasteiger partial charge is 0.497 e. The first-order valence-corrected chi connectivity index (χ1v) is 10.5. The zero-order chi connectivity index (χ0) is 20.2. The molecule has 1 amide bonds. The Morgan fingerprint density at radius 2 is 2.03 bits per heavy atom. The zero-order valence-corrected chi connectivity index (χ0v) is 17.4. The van der Waals surface area contributed by atoms with Crippen molar-refractivity contribution in [1.82, 2.24) is 4.98 Å². The van der Waals surface area contributed by atoms with Crippen LogP contribution in [0, 0.1) is 0 Å². The summed E-state index contributed by atoms with van der Waals surface area (Å²) in [6, 6.07) is 13.4. The summed E-state index contributed by atoms with van der Waals surface area (Å²) in [5, 5.41) is 0.679. The van der Waals surface area contributed by atoms with Crippen LogP contribution >= 0.6 is 11.3 Å². The maximum atomic E-state index is 13.3. The lowest BCUT2D eigenvalue weighted by molar-refractivity contribution is -0.118. The topological polar surface area (TPSA) is 60.9 Å². The number of para-hydroxylation sites is 1. The van der Waals surface area contributed by atoms with E-state index in [1.54, 1.807) is 19.1 Å². The Morgan fingerprint density at radius 1 is 1.21 bits per heavy atom. The van der Waals surface area contributed by atoms with Gasteiger partial charge >= 0.3 is 0 Å². The molecule has 1 atom stereocenters. The smallest absolute Gasteiger partial charge is 0.233 e. The zero-order valence-electron chi connectivity index (χ0n) is 16.6. The van der Waals surface area contributed by atoms with Gasteiger partial charge in [-0.25, -0.2) is 4.98 Å². The number of methoxy groups -OCH3 is 2. The Labute approximate surface area is 174 Å². The second-order valence-corrected chi connectivity index (χ2v) is 7.98. The number of ether oxygens (including phenoxy) is 3. The van der Waals surface area contributed by atoms with Gasteiger partial charge in [-0.1, -0.05) is 29.5 Å². The number of amides is 1. The number of anilines is 1. The van der Waals surface area contributed by atoms with Gasteiger partial charge in [0.1, 0.15) is 17.0 Å². The molecule has 1 fully saturated rings. The van der Waals surface area contributed by atoms with Crippen LogP contribution < -0.4 is 14.4 Å². The van der Waals surface area contributed by atoms with Gasteiger partial charge in [0.15, 0.2) is 5.13 Å². The Balaban J connectivity index is 1.62. The standard InChI is InChI=1S/C22H24N2O4S/c1-26-16-10-8-15(9-11-16)13-20(25)24(14-17-5-4-12-28-17)22-23-21-18(27-2)6-3-7-19(21)29-22/h3,6-11,17H,4-5,12-14H2,1-2H3/t17-/m1/s1. The number of carbonyl (C=O) groups excluding carboxylic acids is 1. The lowest BCUT2D eigenvalue weighted by Crippen LogP contribution is -2.38. The monoisotopic (exact) mass is 412 g/mol. The lowest BCUT2D eigenvalue weighted by atomic mass is 10.1. The van der Waals surface area contributed by atoms with Crippen LogP contribution in [0.3, 0.4) is 0 Å². The third-order valence-electron chi connectivity index (χ3n) is 5.05. The van der Waals surface area contributed by atoms with Crippen molar-refractivity contribution in [3.63, 3.8) is 0 Å². The third kappa shape index (κ3) is 4.36. The first kappa shape index (κ1) is 19.7. The second-order valence-electron chi connectivity index (χ2n) is 6.97. The molecule has 29 heavy (non-hydrogen) atoms. The molecule has 0 spiro atoms. The molecule has 6 nitrogen and oxygen atoms in total. The molecule has 2 aromatic carbocycles. The molecule has 0 saturated carbocycles. The summed E-state index contributed by atoms with van der Waals surface area (Å²) in [6.07, 6.45) is 2.33. The van der Waals surface area contributed by atoms with Crippen molar-refractivity contribution in [3.05, 3.63) is 48.0 Å². The molecule has 1 aliphatic rings. The van der Waals surface area contributed by atoms with Gasteiger partial charge in [-0.15, -0.1) is 0 Å². The molecule has 1 aliphatic heterocycles. The molecular weight excluding hydrogens is 388 g/mol. The lowest BCUT2D eigenvalue weighted by Gasteiger charge is -2.23. The number of nitrogens with zero attached hydrogens (tertiary/aromatic N) is 2. The van der Waals surface area contributed by atoms with Crippen LogP contribution in [0.4, 0.5) is 5.13 Å². The van der Waals surface area contributed by atoms with E-state index in [1.807, 2.05) is 42.5 Å². The molecule has 2 heterocycles. The minimum absolute atomic E-state index is 0.00342. The maximum Gasteiger partial charge on any atom is 0.233 e. The van der Waals surface area contributed by atoms with Crippen LogP contribution in [0.2, 0.25) is 0 Å². The normalized spacial score (nSPS) is 16.1. The Kier molecular flexibility index (Phi) is 5.97. The Hall–Kier alpha value is -2.64. The van der Waals surface area contributed by atoms with Crippen molar-refractivity contribution in [2.75, 3.05) is 32.3 Å². The van der Waals surface area contributed by atoms with Crippen molar-refractivity contribution >= 4 is 32.6 Å². The van der Waals surface area contributed by atoms with Gasteiger partial charge in [-0.05, 0) is 42.7 Å². The van der Waals surface area contributed by atoms with E-state index in [9.17, 15) is 4.79 Å². The van der Waals surface area contributed by atoms with Crippen molar-refractivity contribution in [1.29, 1.82) is 0 Å². The number of hydrogen-bond donors (Lipinski definition) is 0. The summed E-state index contributed by atoms with van der Waals surface area (Å²) in [6.45, 7) is 1.26. The maximum absolute atomic E-state index is 13.3. The van der Waals surface area contributed by atoms with E-state index in [2.05, 4.69) is 0 Å². The number of rotatable bonds is 7. The molecule has 7 heteroatoms. The van der Waals surface area contributed by atoms with Crippen LogP contribution in [0.25, 0.3) is 10.2 Å². The molecule has 0 aliphatic carbocycles. The van der Waals surface area contributed by atoms with E-state index >= 15 is 0 Å². The highest BCUT2D eigenvalue weighted by molar-refractivity contribution is 7.22. The highest BCUT2D eigenvalue weighted by Crippen LogP contribution is 2.35. The highest BCUT2D eigenvalue weighted by atomic mass is 32.1. The number of carbonyl (C=O) groups is 1. The molecular formula is C22H24N2O4S. The summed E-state index contributed by atoms with van der Waals surface area (Å²) in [5.74, 6) is 1.49. The van der Waals surface area contributed by atoms with Crippen molar-refractivity contribution in [2.45, 2.75) is 25.4 Å². The summed E-state index contributed by atoms with van der Waals surface area (Å²) in [7, 11) is 3.26. The van der Waals surface area contributed by atoms with E-state index in [-0.39, 0.29) is 12.0 Å². The SMILES string of the molecule is COc1ccc(CC(=O)N(C[C@H]2CCCO2)c2nc3c(OC)cccc3s2)cc1. The van der Waals surface area contributed by atoms with Gasteiger partial charge in [-0.2, -0.15) is 0 Å². The molecule has 0 unspecified atom stereocenters. The Bertz CT molecular complexity index is 980. The first-order valence-electron chi connectivity index (χ1n) is 9.66. The molecule has 0 N–H and O–H groups in total. The average Bonchev–Trinajstić information content (AvgIpc) is 3.41. The number of benzene rings is 2. The van der Waals surface area contributed by atoms with Crippen LogP contribution in [0.5, 0.6) is 11.5 Å². The molecule has 152 valence electrons. The quantitative estimate of drug-likeness (QED) is 0.585. The fourth-order valence-corrected chi connectivity index (χ4v) is 4.49. The second kappa shape index (κ2) is 8.80.